The van der Waals surface area contributed by atoms with Crippen LogP contribution in [0.5, 0.6) is 5.75 Å². The molecule has 0 bridgehead atoms. The third-order valence-electron chi connectivity index (χ3n) is 6.50. The van der Waals surface area contributed by atoms with Gasteiger partial charge in [-0.2, -0.15) is 5.10 Å². The van der Waals surface area contributed by atoms with Gasteiger partial charge in [0.05, 0.1) is 31.0 Å². The van der Waals surface area contributed by atoms with E-state index in [1.165, 1.54) is 0 Å². The van der Waals surface area contributed by atoms with Gasteiger partial charge in [-0.15, -0.1) is 0 Å². The van der Waals surface area contributed by atoms with Crippen LogP contribution in [-0.4, -0.2) is 58.2 Å². The third-order valence-corrected chi connectivity index (χ3v) is 6.75. The van der Waals surface area contributed by atoms with Gasteiger partial charge in [0.25, 0.3) is 5.91 Å². The molecule has 190 valence electrons. The van der Waals surface area contributed by atoms with Crippen molar-refractivity contribution in [3.05, 3.63) is 71.4 Å². The lowest BCUT2D eigenvalue weighted by Gasteiger charge is -2.31. The summed E-state index contributed by atoms with van der Waals surface area (Å²) >= 11 is 6.06. The highest BCUT2D eigenvalue weighted by Gasteiger charge is 2.31. The normalized spacial score (nSPS) is 15.5. The van der Waals surface area contributed by atoms with Crippen molar-refractivity contribution in [1.82, 2.24) is 19.5 Å². The number of likely N-dealkylation sites (tertiary alicyclic amines) is 1. The Morgan fingerprint density at radius 3 is 2.43 bits per heavy atom. The molecule has 37 heavy (non-hydrogen) atoms. The second kappa shape index (κ2) is 10.6. The Bertz CT molecular complexity index is 1430. The number of hydrogen-bond acceptors (Lipinski definition) is 6. The summed E-state index contributed by atoms with van der Waals surface area (Å²) in [6.45, 7) is 2.97. The van der Waals surface area contributed by atoms with E-state index in [-0.39, 0.29) is 17.8 Å². The molecular formula is C28H27ClN4O4. The standard InChI is InChI=1S/C28H27ClN4O4/c1-3-37-28(35)20-5-4-14-32(17-20)27(34)25-15-23(18-8-12-22(36-2)13-9-18)30-26-16-24(31-33(25)26)19-6-10-21(29)11-7-19/h6-13,15-16,20H,3-5,14,17H2,1-2H3/t20-/m1/s1. The Morgan fingerprint density at radius 1 is 1.03 bits per heavy atom. The van der Waals surface area contributed by atoms with Gasteiger partial charge in [0.1, 0.15) is 11.4 Å². The molecule has 3 heterocycles. The molecule has 1 amide bonds. The summed E-state index contributed by atoms with van der Waals surface area (Å²) in [5.74, 6) is -0.0723. The number of halogens is 1. The van der Waals surface area contributed by atoms with Gasteiger partial charge in [0.2, 0.25) is 0 Å². The van der Waals surface area contributed by atoms with E-state index in [1.807, 2.05) is 42.5 Å². The zero-order chi connectivity index (χ0) is 25.9. The molecule has 4 aromatic rings. The van der Waals surface area contributed by atoms with Crippen LogP contribution >= 0.6 is 11.6 Å². The molecule has 0 saturated carbocycles. The van der Waals surface area contributed by atoms with Gasteiger partial charge in [-0.3, -0.25) is 9.59 Å². The van der Waals surface area contributed by atoms with Gasteiger partial charge in [-0.1, -0.05) is 23.7 Å². The van der Waals surface area contributed by atoms with Crippen molar-refractivity contribution in [2.24, 2.45) is 5.92 Å². The predicted octanol–water partition coefficient (Wildman–Crippen LogP) is 5.14. The van der Waals surface area contributed by atoms with E-state index < -0.39 is 0 Å². The van der Waals surface area contributed by atoms with Gasteiger partial charge in [0.15, 0.2) is 5.65 Å². The number of nitrogens with zero attached hydrogens (tertiary/aromatic N) is 4. The molecule has 1 saturated heterocycles. The number of esters is 1. The van der Waals surface area contributed by atoms with Crippen LogP contribution < -0.4 is 4.74 Å². The molecular weight excluding hydrogens is 492 g/mol. The number of ether oxygens (including phenoxy) is 2. The van der Waals surface area contributed by atoms with E-state index in [2.05, 4.69) is 0 Å². The molecule has 0 aliphatic carbocycles. The fourth-order valence-electron chi connectivity index (χ4n) is 4.57. The summed E-state index contributed by atoms with van der Waals surface area (Å²) in [4.78, 5) is 32.8. The van der Waals surface area contributed by atoms with E-state index >= 15 is 0 Å². The third kappa shape index (κ3) is 5.15. The molecule has 9 heteroatoms. The fraction of sp³-hybridized carbons (Fsp3) is 0.286. The monoisotopic (exact) mass is 518 g/mol. The van der Waals surface area contributed by atoms with Crippen LogP contribution in [0.25, 0.3) is 28.2 Å². The molecule has 0 spiro atoms. The fourth-order valence-corrected chi connectivity index (χ4v) is 4.70. The highest BCUT2D eigenvalue weighted by molar-refractivity contribution is 6.30. The second-order valence-electron chi connectivity index (χ2n) is 8.90. The van der Waals surface area contributed by atoms with Crippen LogP contribution in [-0.2, 0) is 9.53 Å². The van der Waals surface area contributed by atoms with Crippen molar-refractivity contribution < 1.29 is 19.1 Å². The summed E-state index contributed by atoms with van der Waals surface area (Å²) in [5, 5.41) is 5.36. The molecule has 0 unspecified atom stereocenters. The molecule has 0 radical (unpaired) electrons. The Kier molecular flexibility index (Phi) is 7.10. The van der Waals surface area contributed by atoms with Crippen LogP contribution in [0.15, 0.2) is 60.7 Å². The van der Waals surface area contributed by atoms with Crippen molar-refractivity contribution in [2.75, 3.05) is 26.8 Å². The average molecular weight is 519 g/mol. The second-order valence-corrected chi connectivity index (χ2v) is 9.34. The number of carbonyl (C=O) groups is 2. The first-order valence-electron chi connectivity index (χ1n) is 12.2. The number of piperidine rings is 1. The van der Waals surface area contributed by atoms with Gasteiger partial charge in [-0.05, 0) is 62.2 Å². The first-order chi connectivity index (χ1) is 18.0. The van der Waals surface area contributed by atoms with Crippen LogP contribution in [0.4, 0.5) is 0 Å². The number of methoxy groups -OCH3 is 1. The van der Waals surface area contributed by atoms with E-state index in [9.17, 15) is 9.59 Å². The number of amides is 1. The van der Waals surface area contributed by atoms with Gasteiger partial charge in [0, 0.05) is 35.3 Å². The summed E-state index contributed by atoms with van der Waals surface area (Å²) in [6, 6.07) is 18.5. The maximum absolute atomic E-state index is 13.9. The van der Waals surface area contributed by atoms with Gasteiger partial charge < -0.3 is 14.4 Å². The Morgan fingerprint density at radius 2 is 1.73 bits per heavy atom. The SMILES string of the molecule is CCOC(=O)[C@@H]1CCCN(C(=O)c2cc(-c3ccc(OC)cc3)nc3cc(-c4ccc(Cl)cc4)nn23)C1. The Hall–Kier alpha value is -3.91. The minimum atomic E-state index is -0.335. The van der Waals surface area contributed by atoms with Crippen molar-refractivity contribution in [3.63, 3.8) is 0 Å². The number of aromatic nitrogens is 3. The quantitative estimate of drug-likeness (QED) is 0.328. The van der Waals surface area contributed by atoms with E-state index in [0.29, 0.717) is 53.9 Å². The number of rotatable bonds is 6. The zero-order valence-electron chi connectivity index (χ0n) is 20.7. The number of carbonyl (C=O) groups excluding carboxylic acids is 2. The molecule has 1 fully saturated rings. The average Bonchev–Trinajstić information content (AvgIpc) is 3.37. The van der Waals surface area contributed by atoms with Crippen LogP contribution in [0.3, 0.4) is 0 Å². The summed E-state index contributed by atoms with van der Waals surface area (Å²) in [7, 11) is 1.61. The molecule has 2 aromatic carbocycles. The maximum Gasteiger partial charge on any atom is 0.310 e. The lowest BCUT2D eigenvalue weighted by Crippen LogP contribution is -2.43. The zero-order valence-corrected chi connectivity index (χ0v) is 21.4. The smallest absolute Gasteiger partial charge is 0.310 e. The first-order valence-corrected chi connectivity index (χ1v) is 12.6. The Balaban J connectivity index is 1.57. The molecule has 1 aliphatic heterocycles. The van der Waals surface area contributed by atoms with Gasteiger partial charge >= 0.3 is 5.97 Å². The number of fused-ring (bicyclic) bond motifs is 1. The van der Waals surface area contributed by atoms with Crippen molar-refractivity contribution >= 4 is 29.1 Å². The minimum absolute atomic E-state index is 0.207. The van der Waals surface area contributed by atoms with Crippen LogP contribution in [0, 0.1) is 5.92 Å². The molecule has 8 nitrogen and oxygen atoms in total. The topological polar surface area (TPSA) is 86.0 Å². The molecule has 0 N–H and O–H groups in total. The molecule has 1 aliphatic rings. The lowest BCUT2D eigenvalue weighted by atomic mass is 9.98. The largest absolute Gasteiger partial charge is 0.497 e. The Labute approximate surface area is 219 Å². The van der Waals surface area contributed by atoms with E-state index in [1.54, 1.807) is 41.6 Å². The molecule has 2 aromatic heterocycles. The van der Waals surface area contributed by atoms with E-state index in [4.69, 9.17) is 31.2 Å². The highest BCUT2D eigenvalue weighted by Crippen LogP contribution is 2.28. The number of benzene rings is 2. The first kappa shape index (κ1) is 24.8. The van der Waals surface area contributed by atoms with Crippen molar-refractivity contribution in [3.8, 4) is 28.3 Å². The summed E-state index contributed by atoms with van der Waals surface area (Å²) < 4.78 is 12.1. The predicted molar refractivity (Wildman–Crippen MR) is 141 cm³/mol. The molecule has 5 rings (SSSR count). The maximum atomic E-state index is 13.9. The lowest BCUT2D eigenvalue weighted by molar-refractivity contribution is -0.149. The van der Waals surface area contributed by atoms with Crippen molar-refractivity contribution in [1.29, 1.82) is 0 Å². The summed E-state index contributed by atoms with van der Waals surface area (Å²) in [5.41, 5.74) is 3.93. The van der Waals surface area contributed by atoms with Crippen molar-refractivity contribution in [2.45, 2.75) is 19.8 Å². The van der Waals surface area contributed by atoms with E-state index in [0.717, 1.165) is 23.3 Å². The minimum Gasteiger partial charge on any atom is -0.497 e. The van der Waals surface area contributed by atoms with Crippen LogP contribution in [0.2, 0.25) is 5.02 Å². The summed E-state index contributed by atoms with van der Waals surface area (Å²) in [6.07, 6.45) is 1.43. The number of hydrogen-bond donors (Lipinski definition) is 0. The van der Waals surface area contributed by atoms with Crippen LogP contribution in [0.1, 0.15) is 30.3 Å². The molecule has 1 atom stereocenters. The van der Waals surface area contributed by atoms with Gasteiger partial charge in [-0.25, -0.2) is 9.50 Å². The highest BCUT2D eigenvalue weighted by atomic mass is 35.5.